The van der Waals surface area contributed by atoms with Gasteiger partial charge in [0.05, 0.1) is 11.5 Å². The molecular formula is C9H13N5O4. The Kier molecular flexibility index (Phi) is 4.78. The van der Waals surface area contributed by atoms with Crippen LogP contribution in [0, 0.1) is 10.1 Å². The number of hydrogen-bond donors (Lipinski definition) is 2. The summed E-state index contributed by atoms with van der Waals surface area (Å²) in [4.78, 5) is 28.9. The highest BCUT2D eigenvalue weighted by Gasteiger charge is 2.22. The topological polar surface area (TPSA) is 119 Å². The molecule has 9 nitrogen and oxygen atoms in total. The average Bonchev–Trinajstić information content (AvgIpc) is 2.35. The van der Waals surface area contributed by atoms with E-state index in [4.69, 9.17) is 4.74 Å². The number of nitrogens with zero attached hydrogens (tertiary/aromatic N) is 3. The molecule has 0 spiro atoms. The van der Waals surface area contributed by atoms with Crippen LogP contribution in [0.25, 0.3) is 0 Å². The van der Waals surface area contributed by atoms with Gasteiger partial charge in [-0.3, -0.25) is 14.9 Å². The van der Waals surface area contributed by atoms with Gasteiger partial charge in [0.25, 0.3) is 0 Å². The van der Waals surface area contributed by atoms with Crippen LogP contribution in [0.4, 0.5) is 17.3 Å². The maximum absolute atomic E-state index is 11.1. The highest BCUT2D eigenvalue weighted by Crippen LogP contribution is 2.27. The first-order chi connectivity index (χ1) is 8.60. The number of esters is 1. The molecule has 18 heavy (non-hydrogen) atoms. The summed E-state index contributed by atoms with van der Waals surface area (Å²) in [6.45, 7) is 1.72. The van der Waals surface area contributed by atoms with Crippen LogP contribution in [-0.4, -0.2) is 41.1 Å². The zero-order chi connectivity index (χ0) is 13.5. The molecular weight excluding hydrogens is 242 g/mol. The molecule has 0 aliphatic heterocycles. The van der Waals surface area contributed by atoms with Crippen molar-refractivity contribution < 1.29 is 14.5 Å². The summed E-state index contributed by atoms with van der Waals surface area (Å²) in [7, 11) is 1.50. The molecule has 9 heteroatoms. The van der Waals surface area contributed by atoms with E-state index in [1.54, 1.807) is 6.92 Å². The molecule has 2 N–H and O–H groups in total. The van der Waals surface area contributed by atoms with E-state index < -0.39 is 10.9 Å². The highest BCUT2D eigenvalue weighted by molar-refractivity contribution is 5.77. The second-order valence-electron chi connectivity index (χ2n) is 3.09. The molecule has 0 saturated heterocycles. The lowest BCUT2D eigenvalue weighted by molar-refractivity contribution is -0.383. The van der Waals surface area contributed by atoms with Crippen LogP contribution in [0.5, 0.6) is 0 Å². The van der Waals surface area contributed by atoms with Crippen molar-refractivity contribution in [1.82, 2.24) is 9.97 Å². The van der Waals surface area contributed by atoms with Gasteiger partial charge in [0.15, 0.2) is 0 Å². The fourth-order valence-electron chi connectivity index (χ4n) is 1.23. The first-order valence-corrected chi connectivity index (χ1v) is 5.16. The second kappa shape index (κ2) is 6.33. The van der Waals surface area contributed by atoms with Crippen molar-refractivity contribution in [3.8, 4) is 0 Å². The molecule has 0 bridgehead atoms. The van der Waals surface area contributed by atoms with Gasteiger partial charge >= 0.3 is 11.7 Å². The average molecular weight is 255 g/mol. The van der Waals surface area contributed by atoms with E-state index in [1.165, 1.54) is 7.05 Å². The molecule has 1 heterocycles. The minimum absolute atomic E-state index is 0.0348. The lowest BCUT2D eigenvalue weighted by Crippen LogP contribution is -2.18. The van der Waals surface area contributed by atoms with Crippen molar-refractivity contribution >= 4 is 23.3 Å². The van der Waals surface area contributed by atoms with Crippen LogP contribution < -0.4 is 10.6 Å². The number of rotatable bonds is 6. The Hall–Kier alpha value is -2.45. The quantitative estimate of drug-likeness (QED) is 0.426. The molecule has 1 rings (SSSR count). The summed E-state index contributed by atoms with van der Waals surface area (Å²) in [5.74, 6) is -0.481. The zero-order valence-corrected chi connectivity index (χ0v) is 9.97. The van der Waals surface area contributed by atoms with Crippen molar-refractivity contribution in [2.24, 2.45) is 0 Å². The molecule has 0 amide bonds. The Morgan fingerprint density at radius 2 is 2.17 bits per heavy atom. The van der Waals surface area contributed by atoms with Crippen molar-refractivity contribution in [2.45, 2.75) is 6.92 Å². The van der Waals surface area contributed by atoms with Crippen LogP contribution in [0.2, 0.25) is 0 Å². The van der Waals surface area contributed by atoms with Gasteiger partial charge in [0, 0.05) is 7.05 Å². The van der Waals surface area contributed by atoms with Crippen molar-refractivity contribution in [3.05, 3.63) is 16.4 Å². The molecule has 1 aromatic heterocycles. The summed E-state index contributed by atoms with van der Waals surface area (Å²) in [6.07, 6.45) is 1.16. The van der Waals surface area contributed by atoms with Gasteiger partial charge in [0.2, 0.25) is 11.6 Å². The molecule has 1 aromatic rings. The lowest BCUT2D eigenvalue weighted by atomic mass is 10.4. The molecule has 0 radical (unpaired) electrons. The summed E-state index contributed by atoms with van der Waals surface area (Å²) < 4.78 is 4.69. The van der Waals surface area contributed by atoms with Gasteiger partial charge in [0.1, 0.15) is 12.9 Å². The Balaban J connectivity index is 2.88. The first-order valence-electron chi connectivity index (χ1n) is 5.16. The van der Waals surface area contributed by atoms with E-state index in [1.807, 2.05) is 0 Å². The Morgan fingerprint density at radius 3 is 2.72 bits per heavy atom. The number of ether oxygens (including phenoxy) is 1. The standard InChI is InChI=1S/C9H13N5O4/c1-3-18-6(15)4-11-9-7(14(16)17)8(10-2)12-5-13-9/h5H,3-4H2,1-2H3,(H2,10,11,12,13). The van der Waals surface area contributed by atoms with Crippen molar-refractivity contribution in [1.29, 1.82) is 0 Å². The fourth-order valence-corrected chi connectivity index (χ4v) is 1.23. The zero-order valence-electron chi connectivity index (χ0n) is 9.97. The summed E-state index contributed by atoms with van der Waals surface area (Å²) in [6, 6.07) is 0. The highest BCUT2D eigenvalue weighted by atomic mass is 16.6. The van der Waals surface area contributed by atoms with Crippen LogP contribution in [0.15, 0.2) is 6.33 Å². The van der Waals surface area contributed by atoms with Crippen LogP contribution in [-0.2, 0) is 9.53 Å². The van der Waals surface area contributed by atoms with Crippen LogP contribution >= 0.6 is 0 Å². The maximum atomic E-state index is 11.1. The van der Waals surface area contributed by atoms with E-state index in [9.17, 15) is 14.9 Å². The monoisotopic (exact) mass is 255 g/mol. The summed E-state index contributed by atoms with van der Waals surface area (Å²) in [5, 5.41) is 16.0. The maximum Gasteiger partial charge on any atom is 0.353 e. The third-order valence-electron chi connectivity index (χ3n) is 1.95. The number of nitrogens with one attached hydrogen (secondary N) is 2. The number of carbonyl (C=O) groups is 1. The fraction of sp³-hybridized carbons (Fsp3) is 0.444. The van der Waals surface area contributed by atoms with E-state index in [-0.39, 0.29) is 30.5 Å². The summed E-state index contributed by atoms with van der Waals surface area (Å²) in [5.41, 5.74) is -0.315. The number of nitro groups is 1. The predicted octanol–water partition coefficient (Wildman–Crippen LogP) is 0.401. The minimum Gasteiger partial charge on any atom is -0.465 e. The second-order valence-corrected chi connectivity index (χ2v) is 3.09. The number of carbonyl (C=O) groups excluding carboxylic acids is 1. The Labute approximate surface area is 103 Å². The molecule has 0 fully saturated rings. The van der Waals surface area contributed by atoms with Gasteiger partial charge in [-0.2, -0.15) is 0 Å². The largest absolute Gasteiger partial charge is 0.465 e. The molecule has 0 aliphatic carbocycles. The van der Waals surface area contributed by atoms with Gasteiger partial charge < -0.3 is 15.4 Å². The Morgan fingerprint density at radius 1 is 1.50 bits per heavy atom. The van der Waals surface area contributed by atoms with Gasteiger partial charge in [-0.1, -0.05) is 0 Å². The van der Waals surface area contributed by atoms with Gasteiger partial charge in [-0.05, 0) is 6.92 Å². The van der Waals surface area contributed by atoms with Crippen LogP contribution in [0.3, 0.4) is 0 Å². The number of aromatic nitrogens is 2. The Bertz CT molecular complexity index is 451. The van der Waals surface area contributed by atoms with Crippen molar-refractivity contribution in [3.63, 3.8) is 0 Å². The van der Waals surface area contributed by atoms with E-state index in [0.29, 0.717) is 0 Å². The van der Waals surface area contributed by atoms with Crippen molar-refractivity contribution in [2.75, 3.05) is 30.8 Å². The number of anilines is 2. The third-order valence-corrected chi connectivity index (χ3v) is 1.95. The summed E-state index contributed by atoms with van der Waals surface area (Å²) >= 11 is 0. The van der Waals surface area contributed by atoms with Gasteiger partial charge in [-0.25, -0.2) is 9.97 Å². The van der Waals surface area contributed by atoms with E-state index in [0.717, 1.165) is 6.33 Å². The molecule has 0 atom stereocenters. The van der Waals surface area contributed by atoms with E-state index >= 15 is 0 Å². The third kappa shape index (κ3) is 3.27. The first kappa shape index (κ1) is 13.6. The minimum atomic E-state index is -0.626. The molecule has 0 aliphatic rings. The molecule has 98 valence electrons. The molecule has 0 unspecified atom stereocenters. The SMILES string of the molecule is CCOC(=O)CNc1ncnc(NC)c1[N+](=O)[O-]. The lowest BCUT2D eigenvalue weighted by Gasteiger charge is -2.07. The molecule has 0 aromatic carbocycles. The van der Waals surface area contributed by atoms with Gasteiger partial charge in [-0.15, -0.1) is 0 Å². The normalized spacial score (nSPS) is 9.67. The van der Waals surface area contributed by atoms with E-state index in [2.05, 4.69) is 20.6 Å². The van der Waals surface area contributed by atoms with Crippen LogP contribution in [0.1, 0.15) is 6.92 Å². The molecule has 0 saturated carbocycles. The smallest absolute Gasteiger partial charge is 0.353 e. The predicted molar refractivity (Wildman–Crippen MR) is 63.4 cm³/mol. The number of hydrogen-bond acceptors (Lipinski definition) is 8.